The number of nitrogens with zero attached hydrogens (tertiary/aromatic N) is 3. The highest BCUT2D eigenvalue weighted by molar-refractivity contribution is 5.72. The minimum absolute atomic E-state index is 0.0153. The molecule has 0 spiro atoms. The minimum atomic E-state index is -1.18. The second kappa shape index (κ2) is 8.84. The van der Waals surface area contributed by atoms with Crippen molar-refractivity contribution in [3.8, 4) is 22.4 Å². The molecule has 6 heteroatoms. The van der Waals surface area contributed by atoms with Gasteiger partial charge in [-0.1, -0.05) is 48.5 Å². The lowest BCUT2D eigenvalue weighted by Crippen LogP contribution is -2.53. The number of halogens is 3. The second-order valence-corrected chi connectivity index (χ2v) is 11.6. The Morgan fingerprint density at radius 1 is 0.927 bits per heavy atom. The Bertz CT molecular complexity index is 1790. The first kappa shape index (κ1) is 24.5. The van der Waals surface area contributed by atoms with Crippen LogP contribution in [0.25, 0.3) is 28.1 Å². The SMILES string of the molecule is C=C1C2C(CCc3c(F)cc(F)c(F)c3-c3cc(C)c(-c4ccccc4)c[n+]31)c1cccc3c1C1N(C=CN21)CC3. The molecule has 0 fully saturated rings. The van der Waals surface area contributed by atoms with E-state index >= 15 is 8.78 Å². The standard InChI is InChI=1S/C35H29F3N3/c1-20-17-30-32-26(28(36)18-29(37)33(32)38)12-11-25-24-10-6-9-23-13-14-39-15-16-40(35(39)31(23)24)34(25)21(2)41(30)19-27(20)22-7-4-3-5-8-22/h3-10,15-19,25,34-35H,2,11-14H2,1H3/q+1. The van der Waals surface area contributed by atoms with Crippen LogP contribution in [0.3, 0.4) is 0 Å². The molecule has 41 heavy (non-hydrogen) atoms. The van der Waals surface area contributed by atoms with Gasteiger partial charge in [0.25, 0.3) is 0 Å². The van der Waals surface area contributed by atoms with Gasteiger partial charge in [0, 0.05) is 53.7 Å². The van der Waals surface area contributed by atoms with Gasteiger partial charge in [0.15, 0.2) is 17.8 Å². The van der Waals surface area contributed by atoms with Gasteiger partial charge in [-0.15, -0.1) is 0 Å². The number of hydrogen-bond acceptors (Lipinski definition) is 2. The van der Waals surface area contributed by atoms with Gasteiger partial charge in [-0.3, -0.25) is 0 Å². The number of pyridine rings is 1. The highest BCUT2D eigenvalue weighted by Crippen LogP contribution is 2.52. The number of aromatic nitrogens is 1. The minimum Gasteiger partial charge on any atom is -0.352 e. The first-order chi connectivity index (χ1) is 19.9. The van der Waals surface area contributed by atoms with E-state index in [1.54, 1.807) is 0 Å². The van der Waals surface area contributed by atoms with Crippen LogP contribution in [-0.4, -0.2) is 22.4 Å². The predicted molar refractivity (Wildman–Crippen MR) is 153 cm³/mol. The normalized spacial score (nSPS) is 21.9. The molecule has 0 bridgehead atoms. The number of aryl methyl sites for hydroxylation is 1. The van der Waals surface area contributed by atoms with Gasteiger partial charge < -0.3 is 9.80 Å². The van der Waals surface area contributed by atoms with Crippen LogP contribution >= 0.6 is 0 Å². The molecular formula is C35H29F3N3+. The van der Waals surface area contributed by atoms with E-state index in [9.17, 15) is 4.39 Å². The van der Waals surface area contributed by atoms with Crippen molar-refractivity contribution < 1.29 is 17.7 Å². The lowest BCUT2D eigenvalue weighted by atomic mass is 9.75. The van der Waals surface area contributed by atoms with E-state index in [0.717, 1.165) is 35.4 Å². The fourth-order valence-corrected chi connectivity index (χ4v) is 7.68. The van der Waals surface area contributed by atoms with Gasteiger partial charge in [-0.2, -0.15) is 4.57 Å². The van der Waals surface area contributed by atoms with E-state index in [4.69, 9.17) is 0 Å². The zero-order chi connectivity index (χ0) is 28.0. The molecule has 0 N–H and O–H groups in total. The van der Waals surface area contributed by atoms with Crippen molar-refractivity contribution in [2.75, 3.05) is 6.54 Å². The van der Waals surface area contributed by atoms with E-state index in [-0.39, 0.29) is 35.7 Å². The van der Waals surface area contributed by atoms with Gasteiger partial charge in [0.05, 0.1) is 5.56 Å². The molecule has 3 unspecified atom stereocenters. The summed E-state index contributed by atoms with van der Waals surface area (Å²) in [5.41, 5.74) is 8.13. The molecule has 4 aliphatic heterocycles. The summed E-state index contributed by atoms with van der Waals surface area (Å²) in [7, 11) is 0. The molecule has 1 aromatic heterocycles. The molecule has 5 heterocycles. The van der Waals surface area contributed by atoms with E-state index in [1.165, 1.54) is 16.7 Å². The maximum Gasteiger partial charge on any atom is 0.221 e. The van der Waals surface area contributed by atoms with Crippen LogP contribution in [-0.2, 0) is 12.8 Å². The molecule has 0 radical (unpaired) electrons. The molecule has 4 aromatic rings. The van der Waals surface area contributed by atoms with Crippen molar-refractivity contribution in [3.63, 3.8) is 0 Å². The molecule has 3 nitrogen and oxygen atoms in total. The average Bonchev–Trinajstić information content (AvgIpc) is 3.43. The van der Waals surface area contributed by atoms with Gasteiger partial charge in [0.2, 0.25) is 11.4 Å². The Balaban J connectivity index is 1.43. The molecule has 0 aliphatic carbocycles. The highest BCUT2D eigenvalue weighted by Gasteiger charge is 2.50. The van der Waals surface area contributed by atoms with E-state index in [1.807, 2.05) is 54.1 Å². The Morgan fingerprint density at radius 2 is 1.76 bits per heavy atom. The Kier molecular flexibility index (Phi) is 5.28. The van der Waals surface area contributed by atoms with Crippen LogP contribution in [0.15, 0.2) is 85.8 Å². The van der Waals surface area contributed by atoms with E-state index in [0.29, 0.717) is 18.2 Å². The Hall–Kier alpha value is -4.32. The highest BCUT2D eigenvalue weighted by atomic mass is 19.2. The topological polar surface area (TPSA) is 10.4 Å². The molecule has 3 atom stereocenters. The summed E-state index contributed by atoms with van der Waals surface area (Å²) in [6.07, 6.45) is 8.16. The molecule has 204 valence electrons. The third-order valence-corrected chi connectivity index (χ3v) is 9.52. The molecule has 8 rings (SSSR count). The summed E-state index contributed by atoms with van der Waals surface area (Å²) in [5, 5.41) is 0. The number of rotatable bonds is 1. The van der Waals surface area contributed by atoms with Crippen molar-refractivity contribution in [1.82, 2.24) is 9.80 Å². The summed E-state index contributed by atoms with van der Waals surface area (Å²) in [5.74, 6) is -2.93. The second-order valence-electron chi connectivity index (χ2n) is 11.6. The van der Waals surface area contributed by atoms with Crippen molar-refractivity contribution in [3.05, 3.63) is 131 Å². The fourth-order valence-electron chi connectivity index (χ4n) is 7.68. The van der Waals surface area contributed by atoms with Crippen LogP contribution in [0.2, 0.25) is 0 Å². The van der Waals surface area contributed by atoms with Gasteiger partial charge >= 0.3 is 0 Å². The van der Waals surface area contributed by atoms with Gasteiger partial charge in [-0.25, -0.2) is 13.2 Å². The first-order valence-corrected chi connectivity index (χ1v) is 14.2. The monoisotopic (exact) mass is 548 g/mol. The molecular weight excluding hydrogens is 519 g/mol. The molecule has 0 saturated carbocycles. The van der Waals surface area contributed by atoms with Gasteiger partial charge in [0.1, 0.15) is 18.0 Å². The Labute approximate surface area is 237 Å². The maximum atomic E-state index is 15.8. The zero-order valence-corrected chi connectivity index (χ0v) is 22.7. The Morgan fingerprint density at radius 3 is 2.59 bits per heavy atom. The van der Waals surface area contributed by atoms with Crippen LogP contribution in [0.5, 0.6) is 0 Å². The predicted octanol–water partition coefficient (Wildman–Crippen LogP) is 7.26. The fraction of sp³-hybridized carbons (Fsp3) is 0.229. The van der Waals surface area contributed by atoms with Crippen LogP contribution < -0.4 is 4.57 Å². The van der Waals surface area contributed by atoms with Crippen LogP contribution in [0.4, 0.5) is 13.2 Å². The van der Waals surface area contributed by atoms with E-state index < -0.39 is 17.5 Å². The average molecular weight is 549 g/mol. The molecule has 4 aliphatic rings. The van der Waals surface area contributed by atoms with Crippen molar-refractivity contribution in [2.45, 2.75) is 44.3 Å². The summed E-state index contributed by atoms with van der Waals surface area (Å²) in [4.78, 5) is 4.75. The lowest BCUT2D eigenvalue weighted by molar-refractivity contribution is -0.573. The summed E-state index contributed by atoms with van der Waals surface area (Å²) >= 11 is 0. The molecule has 0 saturated heterocycles. The van der Waals surface area contributed by atoms with Crippen LogP contribution in [0, 0.1) is 24.4 Å². The number of hydrogen-bond donors (Lipinski definition) is 0. The summed E-state index contributed by atoms with van der Waals surface area (Å²) in [6.45, 7) is 7.54. The summed E-state index contributed by atoms with van der Waals surface area (Å²) < 4.78 is 48.1. The lowest BCUT2D eigenvalue weighted by Gasteiger charge is -2.48. The number of fused-ring (bicyclic) bond motifs is 6. The van der Waals surface area contributed by atoms with Crippen molar-refractivity contribution in [1.29, 1.82) is 0 Å². The third kappa shape index (κ3) is 3.43. The zero-order valence-electron chi connectivity index (χ0n) is 22.7. The molecule has 0 amide bonds. The van der Waals surface area contributed by atoms with Crippen LogP contribution in [0.1, 0.15) is 46.3 Å². The largest absolute Gasteiger partial charge is 0.352 e. The van der Waals surface area contributed by atoms with Crippen molar-refractivity contribution >= 4 is 5.70 Å². The maximum absolute atomic E-state index is 15.8. The third-order valence-electron chi connectivity index (χ3n) is 9.52. The van der Waals surface area contributed by atoms with Crippen molar-refractivity contribution in [2.24, 2.45) is 0 Å². The van der Waals surface area contributed by atoms with Gasteiger partial charge in [-0.05, 0) is 55.0 Å². The quantitative estimate of drug-likeness (QED) is 0.183. The smallest absolute Gasteiger partial charge is 0.221 e. The first-order valence-electron chi connectivity index (χ1n) is 14.2. The molecule has 3 aromatic carbocycles. The van der Waals surface area contributed by atoms with E-state index in [2.05, 4.69) is 47.0 Å². The number of benzene rings is 3. The summed E-state index contributed by atoms with van der Waals surface area (Å²) in [6, 6.07) is 18.9.